The van der Waals surface area contributed by atoms with E-state index in [4.69, 9.17) is 10.5 Å². The summed E-state index contributed by atoms with van der Waals surface area (Å²) in [5.41, 5.74) is 6.94. The second-order valence-electron chi connectivity index (χ2n) is 6.88. The average molecular weight is 268 g/mol. The molecule has 4 aliphatic rings. The Morgan fingerprint density at radius 1 is 1.05 bits per heavy atom. The van der Waals surface area contributed by atoms with E-state index < -0.39 is 0 Å². The summed E-state index contributed by atoms with van der Waals surface area (Å²) in [6.07, 6.45) is 7.08. The standard InChI is InChI=1S/C17H20N2O/c18-9-14-8-15(19)1-2-16(14)20-17-12-4-10-3-11(6-12)7-13(17)5-10/h1-2,8,10-13,17H,3-7,19H2. The molecule has 4 fully saturated rings. The van der Waals surface area contributed by atoms with E-state index in [1.54, 1.807) is 6.07 Å². The number of rotatable bonds is 2. The number of nitrogens with two attached hydrogens (primary N) is 1. The van der Waals surface area contributed by atoms with E-state index in [2.05, 4.69) is 6.07 Å². The van der Waals surface area contributed by atoms with Crippen molar-refractivity contribution in [2.75, 3.05) is 5.73 Å². The molecule has 20 heavy (non-hydrogen) atoms. The third kappa shape index (κ3) is 1.86. The Morgan fingerprint density at radius 3 is 2.30 bits per heavy atom. The quantitative estimate of drug-likeness (QED) is 0.837. The first-order valence-electron chi connectivity index (χ1n) is 7.69. The summed E-state index contributed by atoms with van der Waals surface area (Å²) in [4.78, 5) is 0. The molecule has 1 aromatic rings. The lowest BCUT2D eigenvalue weighted by molar-refractivity contribution is -0.0790. The Hall–Kier alpha value is -1.69. The van der Waals surface area contributed by atoms with Crippen LogP contribution in [0.2, 0.25) is 0 Å². The highest BCUT2D eigenvalue weighted by Gasteiger charge is 2.49. The smallest absolute Gasteiger partial charge is 0.137 e. The molecule has 0 spiro atoms. The Bertz CT molecular complexity index is 547. The van der Waals surface area contributed by atoms with Crippen LogP contribution in [-0.2, 0) is 0 Å². The minimum absolute atomic E-state index is 0.318. The van der Waals surface area contributed by atoms with E-state index in [1.807, 2.05) is 12.1 Å². The molecular weight excluding hydrogens is 248 g/mol. The largest absolute Gasteiger partial charge is 0.488 e. The van der Waals surface area contributed by atoms with Crippen LogP contribution in [0, 0.1) is 35.0 Å². The highest BCUT2D eigenvalue weighted by molar-refractivity contribution is 5.53. The summed E-state index contributed by atoms with van der Waals surface area (Å²) in [6, 6.07) is 7.60. The molecule has 3 heteroatoms. The van der Waals surface area contributed by atoms with E-state index in [0.29, 0.717) is 29.2 Å². The van der Waals surface area contributed by atoms with Gasteiger partial charge in [-0.15, -0.1) is 0 Å². The molecule has 0 aromatic heterocycles. The van der Waals surface area contributed by atoms with E-state index in [1.165, 1.54) is 32.1 Å². The van der Waals surface area contributed by atoms with Crippen molar-refractivity contribution in [3.8, 4) is 11.8 Å². The fourth-order valence-electron chi connectivity index (χ4n) is 4.95. The molecule has 5 rings (SSSR count). The molecule has 0 unspecified atom stereocenters. The monoisotopic (exact) mass is 268 g/mol. The molecule has 0 radical (unpaired) electrons. The van der Waals surface area contributed by atoms with Crippen LogP contribution in [0.15, 0.2) is 18.2 Å². The highest BCUT2D eigenvalue weighted by atomic mass is 16.5. The third-order valence-electron chi connectivity index (χ3n) is 5.53. The van der Waals surface area contributed by atoms with E-state index >= 15 is 0 Å². The van der Waals surface area contributed by atoms with Crippen molar-refractivity contribution < 1.29 is 4.74 Å². The van der Waals surface area contributed by atoms with Crippen LogP contribution in [0.3, 0.4) is 0 Å². The molecular formula is C17H20N2O. The van der Waals surface area contributed by atoms with Gasteiger partial charge in [0.2, 0.25) is 0 Å². The highest BCUT2D eigenvalue weighted by Crippen LogP contribution is 2.54. The van der Waals surface area contributed by atoms with Crippen LogP contribution in [0.25, 0.3) is 0 Å². The van der Waals surface area contributed by atoms with E-state index in [9.17, 15) is 5.26 Å². The van der Waals surface area contributed by atoms with Crippen molar-refractivity contribution in [1.82, 2.24) is 0 Å². The molecule has 0 heterocycles. The minimum Gasteiger partial charge on any atom is -0.488 e. The summed E-state index contributed by atoms with van der Waals surface area (Å²) in [7, 11) is 0. The molecule has 104 valence electrons. The third-order valence-corrected chi connectivity index (χ3v) is 5.53. The Labute approximate surface area is 119 Å². The second kappa shape index (κ2) is 4.41. The van der Waals surface area contributed by atoms with Crippen LogP contribution in [0.5, 0.6) is 5.75 Å². The van der Waals surface area contributed by atoms with Gasteiger partial charge in [0.15, 0.2) is 0 Å². The number of benzene rings is 1. The van der Waals surface area contributed by atoms with Gasteiger partial charge in [-0.05, 0) is 74.0 Å². The summed E-state index contributed by atoms with van der Waals surface area (Å²) >= 11 is 0. The maximum Gasteiger partial charge on any atom is 0.137 e. The number of nitrogens with zero attached hydrogens (tertiary/aromatic N) is 1. The van der Waals surface area contributed by atoms with Gasteiger partial charge in [0.1, 0.15) is 17.9 Å². The maximum absolute atomic E-state index is 9.24. The van der Waals surface area contributed by atoms with Crippen molar-refractivity contribution in [2.45, 2.75) is 38.2 Å². The predicted molar refractivity (Wildman–Crippen MR) is 77.0 cm³/mol. The van der Waals surface area contributed by atoms with E-state index in [0.717, 1.165) is 17.6 Å². The van der Waals surface area contributed by atoms with Gasteiger partial charge in [-0.2, -0.15) is 5.26 Å². The second-order valence-corrected chi connectivity index (χ2v) is 6.88. The lowest BCUT2D eigenvalue weighted by atomic mass is 9.55. The lowest BCUT2D eigenvalue weighted by Gasteiger charge is -2.53. The Balaban J connectivity index is 1.59. The van der Waals surface area contributed by atoms with Crippen LogP contribution >= 0.6 is 0 Å². The molecule has 0 aliphatic heterocycles. The van der Waals surface area contributed by atoms with Crippen LogP contribution in [-0.4, -0.2) is 6.10 Å². The van der Waals surface area contributed by atoms with Gasteiger partial charge in [-0.3, -0.25) is 0 Å². The van der Waals surface area contributed by atoms with Gasteiger partial charge in [0.25, 0.3) is 0 Å². The lowest BCUT2D eigenvalue weighted by Crippen LogP contribution is -2.50. The Morgan fingerprint density at radius 2 is 1.70 bits per heavy atom. The zero-order chi connectivity index (χ0) is 13.7. The number of hydrogen-bond acceptors (Lipinski definition) is 3. The fraction of sp³-hybridized carbons (Fsp3) is 0.588. The van der Waals surface area contributed by atoms with Gasteiger partial charge in [-0.25, -0.2) is 0 Å². The summed E-state index contributed by atoms with van der Waals surface area (Å²) < 4.78 is 6.29. The van der Waals surface area contributed by atoms with Crippen LogP contribution in [0.1, 0.15) is 37.7 Å². The zero-order valence-corrected chi connectivity index (χ0v) is 11.6. The van der Waals surface area contributed by atoms with Crippen molar-refractivity contribution in [1.29, 1.82) is 5.26 Å². The molecule has 4 aliphatic carbocycles. The molecule has 0 amide bonds. The van der Waals surface area contributed by atoms with Crippen molar-refractivity contribution in [2.24, 2.45) is 23.7 Å². The van der Waals surface area contributed by atoms with Gasteiger partial charge >= 0.3 is 0 Å². The molecule has 0 atom stereocenters. The van der Waals surface area contributed by atoms with Crippen molar-refractivity contribution >= 4 is 5.69 Å². The summed E-state index contributed by atoms with van der Waals surface area (Å²) in [5, 5.41) is 9.24. The summed E-state index contributed by atoms with van der Waals surface area (Å²) in [6.45, 7) is 0. The number of nitriles is 1. The number of ether oxygens (including phenoxy) is 1. The first kappa shape index (κ1) is 12.1. The maximum atomic E-state index is 9.24. The molecule has 2 N–H and O–H groups in total. The van der Waals surface area contributed by atoms with Crippen molar-refractivity contribution in [3.63, 3.8) is 0 Å². The Kier molecular flexibility index (Phi) is 2.66. The first-order valence-corrected chi connectivity index (χ1v) is 7.69. The number of nitrogen functional groups attached to an aromatic ring is 1. The van der Waals surface area contributed by atoms with Gasteiger partial charge < -0.3 is 10.5 Å². The molecule has 1 aromatic carbocycles. The van der Waals surface area contributed by atoms with Crippen molar-refractivity contribution in [3.05, 3.63) is 23.8 Å². The normalized spacial score (nSPS) is 37.6. The fourth-order valence-corrected chi connectivity index (χ4v) is 4.95. The molecule has 4 bridgehead atoms. The zero-order valence-electron chi connectivity index (χ0n) is 11.6. The number of hydrogen-bond donors (Lipinski definition) is 1. The predicted octanol–water partition coefficient (Wildman–Crippen LogP) is 3.34. The SMILES string of the molecule is N#Cc1cc(N)ccc1OC1C2CC3CC(C2)CC1C3. The summed E-state index contributed by atoms with van der Waals surface area (Å²) in [5.74, 6) is 4.02. The van der Waals surface area contributed by atoms with Crippen LogP contribution < -0.4 is 10.5 Å². The van der Waals surface area contributed by atoms with Gasteiger partial charge in [-0.1, -0.05) is 0 Å². The van der Waals surface area contributed by atoms with Crippen LogP contribution in [0.4, 0.5) is 5.69 Å². The first-order chi connectivity index (χ1) is 9.72. The molecule has 0 saturated heterocycles. The topological polar surface area (TPSA) is 59.0 Å². The average Bonchev–Trinajstić information content (AvgIpc) is 2.43. The van der Waals surface area contributed by atoms with E-state index in [-0.39, 0.29) is 0 Å². The van der Waals surface area contributed by atoms with Gasteiger partial charge in [0, 0.05) is 5.69 Å². The van der Waals surface area contributed by atoms with Gasteiger partial charge in [0.05, 0.1) is 5.56 Å². The number of anilines is 1. The minimum atomic E-state index is 0.318. The molecule has 3 nitrogen and oxygen atoms in total. The molecule has 4 saturated carbocycles.